The van der Waals surface area contributed by atoms with Crippen LogP contribution < -0.4 is 4.90 Å². The number of hydroxylamine groups is 2. The third-order valence-corrected chi connectivity index (χ3v) is 14.9. The highest BCUT2D eigenvalue weighted by Gasteiger charge is 2.48. The van der Waals surface area contributed by atoms with E-state index in [4.69, 9.17) is 9.57 Å². The Bertz CT molecular complexity index is 2850. The standard InChI is InChI=1S/C42H51N3O17S4/c1-41(21-10-26-63(49,50)51)32-28-30(65(55,56)57)15-17-34(32)43(23-9-14-40(48)62-45-38(46)19-20-39(45)47)36(41)12-7-5-4-6-8-13-37-42(2,22-11-27-64(52,53)54)33-29-31(66(58,59)60)16-18-35(33)44(37)24-25-61-3/h4-8,12-13,15-18,28-29H,9-11,14,19-27H2,1-3H3,(H3-,49,50,51,52,53,54,55,56,57,58,59,60)/p+1. The van der Waals surface area contributed by atoms with Crippen LogP contribution in [0, 0.1) is 0 Å². The van der Waals surface area contributed by atoms with E-state index in [0.29, 0.717) is 45.5 Å². The van der Waals surface area contributed by atoms with Crippen LogP contribution in [0.4, 0.5) is 11.4 Å². The van der Waals surface area contributed by atoms with E-state index >= 15 is 0 Å². The highest BCUT2D eigenvalue weighted by molar-refractivity contribution is 7.86. The maximum absolute atomic E-state index is 12.7. The molecule has 0 radical (unpaired) electrons. The first-order valence-corrected chi connectivity index (χ1v) is 26.6. The number of nitrogens with zero attached hydrogens (tertiary/aromatic N) is 3. The summed E-state index contributed by atoms with van der Waals surface area (Å²) in [5.41, 5.74) is 1.01. The van der Waals surface area contributed by atoms with Gasteiger partial charge in [0.1, 0.15) is 6.54 Å². The third-order valence-electron chi connectivity index (χ3n) is 11.6. The number of imide groups is 1. The van der Waals surface area contributed by atoms with Gasteiger partial charge in [0.2, 0.25) is 5.69 Å². The molecule has 3 aliphatic rings. The molecule has 2 aromatic carbocycles. The van der Waals surface area contributed by atoms with Crippen LogP contribution in [-0.4, -0.2) is 123 Å². The van der Waals surface area contributed by atoms with Crippen LogP contribution in [0.5, 0.6) is 0 Å². The number of allylic oxidation sites excluding steroid dienone is 8. The number of carbonyl (C=O) groups excluding carboxylic acids is 3. The lowest BCUT2D eigenvalue weighted by atomic mass is 9.76. The smallest absolute Gasteiger partial charge is 0.333 e. The molecule has 2 unspecified atom stereocenters. The molecule has 5 rings (SSSR count). The fraction of sp³-hybridized carbons (Fsp3) is 0.429. The van der Waals surface area contributed by atoms with E-state index in [2.05, 4.69) is 0 Å². The maximum atomic E-state index is 12.7. The lowest BCUT2D eigenvalue weighted by Crippen LogP contribution is -2.33. The fourth-order valence-corrected chi connectivity index (χ4v) is 10.5. The molecule has 0 saturated carbocycles. The van der Waals surface area contributed by atoms with Crippen LogP contribution in [0.25, 0.3) is 0 Å². The summed E-state index contributed by atoms with van der Waals surface area (Å²) in [4.78, 5) is 42.8. The van der Waals surface area contributed by atoms with Crippen molar-refractivity contribution in [2.24, 2.45) is 0 Å². The van der Waals surface area contributed by atoms with Gasteiger partial charge in [-0.2, -0.15) is 38.2 Å². The lowest BCUT2D eigenvalue weighted by molar-refractivity contribution is -0.438. The fourth-order valence-electron chi connectivity index (χ4n) is 8.46. The first-order chi connectivity index (χ1) is 30.7. The van der Waals surface area contributed by atoms with E-state index in [9.17, 15) is 66.3 Å². The normalized spacial score (nSPS) is 21.1. The van der Waals surface area contributed by atoms with E-state index in [1.807, 2.05) is 4.90 Å². The molecule has 360 valence electrons. The molecule has 3 aliphatic heterocycles. The van der Waals surface area contributed by atoms with Gasteiger partial charge in [-0.3, -0.25) is 27.8 Å². The van der Waals surface area contributed by atoms with Crippen molar-refractivity contribution < 1.29 is 80.4 Å². The lowest BCUT2D eigenvalue weighted by Gasteiger charge is -2.30. The summed E-state index contributed by atoms with van der Waals surface area (Å²) in [6.07, 6.45) is 11.7. The van der Waals surface area contributed by atoms with Crippen molar-refractivity contribution in [3.05, 3.63) is 95.8 Å². The van der Waals surface area contributed by atoms with E-state index < -0.39 is 85.5 Å². The summed E-state index contributed by atoms with van der Waals surface area (Å²) in [5, 5.41) is 0.437. The van der Waals surface area contributed by atoms with E-state index in [-0.39, 0.29) is 69.4 Å². The molecule has 2 amide bonds. The van der Waals surface area contributed by atoms with Crippen molar-refractivity contribution in [2.75, 3.05) is 43.2 Å². The average Bonchev–Trinajstić information content (AvgIpc) is 3.73. The van der Waals surface area contributed by atoms with Gasteiger partial charge >= 0.3 is 5.97 Å². The van der Waals surface area contributed by atoms with Gasteiger partial charge in [-0.05, 0) is 81.5 Å². The monoisotopic (exact) mass is 998 g/mol. The number of carbonyl (C=O) groups is 3. The van der Waals surface area contributed by atoms with Crippen molar-refractivity contribution in [3.63, 3.8) is 0 Å². The van der Waals surface area contributed by atoms with Gasteiger partial charge in [-0.25, -0.2) is 4.79 Å². The van der Waals surface area contributed by atoms with Gasteiger partial charge in [-0.15, -0.1) is 5.06 Å². The zero-order valence-corrected chi connectivity index (χ0v) is 39.5. The number of hydrogen-bond acceptors (Lipinski definition) is 14. The maximum Gasteiger partial charge on any atom is 0.333 e. The number of anilines is 1. The molecule has 1 saturated heterocycles. The molecule has 0 spiro atoms. The Balaban J connectivity index is 1.50. The second-order valence-electron chi connectivity index (χ2n) is 16.3. The summed E-state index contributed by atoms with van der Waals surface area (Å²) in [7, 11) is -16.5. The van der Waals surface area contributed by atoms with Crippen LogP contribution in [0.15, 0.2) is 94.4 Å². The highest BCUT2D eigenvalue weighted by Crippen LogP contribution is 2.51. The van der Waals surface area contributed by atoms with Gasteiger partial charge in [0.25, 0.3) is 52.3 Å². The number of amides is 2. The Hall–Kier alpha value is -4.92. The van der Waals surface area contributed by atoms with Crippen LogP contribution in [0.3, 0.4) is 0 Å². The minimum absolute atomic E-state index is 0.00499. The molecule has 0 bridgehead atoms. The predicted molar refractivity (Wildman–Crippen MR) is 239 cm³/mol. The Kier molecular flexibility index (Phi) is 16.2. The minimum Gasteiger partial charge on any atom is -0.383 e. The van der Waals surface area contributed by atoms with Gasteiger partial charge in [0.05, 0.1) is 39.7 Å². The largest absolute Gasteiger partial charge is 0.383 e. The Morgan fingerprint density at radius 3 is 1.86 bits per heavy atom. The Morgan fingerprint density at radius 2 is 1.29 bits per heavy atom. The molecule has 2 atom stereocenters. The molecule has 66 heavy (non-hydrogen) atoms. The Labute approximate surface area is 383 Å². The van der Waals surface area contributed by atoms with Crippen LogP contribution >= 0.6 is 0 Å². The van der Waals surface area contributed by atoms with Crippen LogP contribution in [0.2, 0.25) is 0 Å². The molecule has 2 aromatic rings. The average molecular weight is 999 g/mol. The summed E-state index contributed by atoms with van der Waals surface area (Å²) in [5.74, 6) is -3.29. The molecule has 3 heterocycles. The molecular formula is C42H52N3O17S4+. The number of rotatable bonds is 22. The molecule has 1 fully saturated rings. The second kappa shape index (κ2) is 20.5. The SMILES string of the molecule is COCCN1C(=CC=CC=CC=CC2=[N+](CCCC(=O)ON3C(=O)CCC3=O)c3ccc(S(=O)(=O)O)cc3C2(C)CCCS(=O)(=O)O)C(C)(CCCS(=O)(=O)O)c2cc(S(=O)(=O)O)ccc21. The van der Waals surface area contributed by atoms with Crippen LogP contribution in [-0.2, 0) is 75.3 Å². The van der Waals surface area contributed by atoms with E-state index in [1.165, 1.54) is 43.5 Å². The molecule has 20 nitrogen and oxygen atoms in total. The van der Waals surface area contributed by atoms with E-state index in [0.717, 1.165) is 0 Å². The molecule has 0 aromatic heterocycles. The van der Waals surface area contributed by atoms with Gasteiger partial charge < -0.3 is 14.5 Å². The predicted octanol–water partition coefficient (Wildman–Crippen LogP) is 4.24. The number of benzene rings is 2. The highest BCUT2D eigenvalue weighted by atomic mass is 32.2. The molecular weight excluding hydrogens is 947 g/mol. The first kappa shape index (κ1) is 52.1. The summed E-state index contributed by atoms with van der Waals surface area (Å²) in [6, 6.07) is 8.05. The summed E-state index contributed by atoms with van der Waals surface area (Å²) in [6.45, 7) is 4.20. The first-order valence-electron chi connectivity index (χ1n) is 20.5. The topological polar surface area (TPSA) is 297 Å². The minimum atomic E-state index is -4.69. The number of hydrogen-bond donors (Lipinski definition) is 4. The zero-order chi connectivity index (χ0) is 48.9. The molecule has 4 N–H and O–H groups in total. The number of fused-ring (bicyclic) bond motifs is 2. The third kappa shape index (κ3) is 12.5. The molecule has 24 heteroatoms. The summed E-state index contributed by atoms with van der Waals surface area (Å²) >= 11 is 0. The number of ether oxygens (including phenoxy) is 1. The van der Waals surface area contributed by atoms with Crippen LogP contribution in [0.1, 0.15) is 76.3 Å². The molecule has 0 aliphatic carbocycles. The zero-order valence-electron chi connectivity index (χ0n) is 36.3. The van der Waals surface area contributed by atoms with Crippen molar-refractivity contribution in [1.82, 2.24) is 5.06 Å². The van der Waals surface area contributed by atoms with Crippen molar-refractivity contribution in [1.29, 1.82) is 0 Å². The van der Waals surface area contributed by atoms with E-state index in [1.54, 1.807) is 61.0 Å². The summed E-state index contributed by atoms with van der Waals surface area (Å²) < 4.78 is 142. The van der Waals surface area contributed by atoms with Crippen molar-refractivity contribution in [3.8, 4) is 0 Å². The van der Waals surface area contributed by atoms with Gasteiger partial charge in [-0.1, -0.05) is 30.4 Å². The number of methoxy groups -OCH3 is 1. The van der Waals surface area contributed by atoms with Crippen molar-refractivity contribution in [2.45, 2.75) is 85.8 Å². The van der Waals surface area contributed by atoms with Gasteiger partial charge in [0.15, 0.2) is 5.71 Å². The quantitative estimate of drug-likeness (QED) is 0.0555. The van der Waals surface area contributed by atoms with Gasteiger partial charge in [0, 0.05) is 67.4 Å². The van der Waals surface area contributed by atoms with Crippen molar-refractivity contribution >= 4 is 75.3 Å². The Morgan fingerprint density at radius 1 is 0.742 bits per heavy atom. The second-order valence-corrected chi connectivity index (χ2v) is 22.2.